The van der Waals surface area contributed by atoms with Gasteiger partial charge in [0.15, 0.2) is 0 Å². The predicted octanol–water partition coefficient (Wildman–Crippen LogP) is 2.59. The molecule has 0 radical (unpaired) electrons. The molecule has 4 nitrogen and oxygen atoms in total. The van der Waals surface area contributed by atoms with Crippen molar-refractivity contribution in [2.45, 2.75) is 32.8 Å². The fraction of sp³-hybridized carbons (Fsp3) is 0.500. The summed E-state index contributed by atoms with van der Waals surface area (Å²) in [6.45, 7) is 4.81. The van der Waals surface area contributed by atoms with Crippen LogP contribution in [0.5, 0.6) is 0 Å². The van der Waals surface area contributed by atoms with Crippen molar-refractivity contribution in [1.29, 1.82) is 0 Å². The van der Waals surface area contributed by atoms with Gasteiger partial charge in [-0.25, -0.2) is 0 Å². The first-order valence-corrected chi connectivity index (χ1v) is 7.25. The van der Waals surface area contributed by atoms with Crippen molar-refractivity contribution < 1.29 is 9.90 Å². The van der Waals surface area contributed by atoms with E-state index < -0.39 is 6.10 Å². The molecular weight excluding hydrogens is 308 g/mol. The number of benzene rings is 1. The van der Waals surface area contributed by atoms with Gasteiger partial charge >= 0.3 is 0 Å². The lowest BCUT2D eigenvalue weighted by molar-refractivity contribution is -0.116. The van der Waals surface area contributed by atoms with Crippen molar-refractivity contribution in [1.82, 2.24) is 0 Å². The Morgan fingerprint density at radius 1 is 1.53 bits per heavy atom. The number of primary amides is 1. The molecule has 106 valence electrons. The summed E-state index contributed by atoms with van der Waals surface area (Å²) in [4.78, 5) is 13.1. The molecule has 1 aromatic rings. The zero-order valence-electron chi connectivity index (χ0n) is 11.4. The van der Waals surface area contributed by atoms with Crippen LogP contribution in [0.3, 0.4) is 0 Å². The van der Waals surface area contributed by atoms with Crippen molar-refractivity contribution in [2.75, 3.05) is 18.0 Å². The molecule has 1 unspecified atom stereocenters. The number of nitrogens with zero attached hydrogens (tertiary/aromatic N) is 1. The van der Waals surface area contributed by atoms with Crippen LogP contribution in [-0.4, -0.2) is 24.1 Å². The molecule has 0 aliphatic rings. The number of rotatable bonds is 7. The Hall–Kier alpha value is -1.07. The molecule has 0 aromatic heterocycles. The van der Waals surface area contributed by atoms with E-state index in [-0.39, 0.29) is 12.5 Å². The highest BCUT2D eigenvalue weighted by Gasteiger charge is 2.13. The van der Waals surface area contributed by atoms with E-state index in [9.17, 15) is 9.90 Å². The van der Waals surface area contributed by atoms with Crippen molar-refractivity contribution in [3.8, 4) is 0 Å². The Morgan fingerprint density at radius 2 is 2.21 bits per heavy atom. The zero-order chi connectivity index (χ0) is 14.4. The normalized spacial score (nSPS) is 12.2. The molecule has 3 N–H and O–H groups in total. The molecule has 0 aliphatic heterocycles. The summed E-state index contributed by atoms with van der Waals surface area (Å²) in [6, 6.07) is 5.65. The number of carbonyl (C=O) groups is 1. The summed E-state index contributed by atoms with van der Waals surface area (Å²) in [7, 11) is 0. The lowest BCUT2D eigenvalue weighted by Gasteiger charge is -2.25. The number of aliphatic hydroxyl groups is 1. The van der Waals surface area contributed by atoms with E-state index in [0.717, 1.165) is 35.1 Å². The standard InChI is InChI=1S/C14H21BrN2O2/c1-3-4-7-17(9-14(16)19)13-6-5-11(10(2)18)8-12(13)15/h5-6,8,10,18H,3-4,7,9H2,1-2H3,(H2,16,19). The van der Waals surface area contributed by atoms with Crippen LogP contribution in [-0.2, 0) is 4.79 Å². The molecule has 1 atom stereocenters. The molecule has 0 spiro atoms. The number of hydrogen-bond donors (Lipinski definition) is 2. The van der Waals surface area contributed by atoms with Gasteiger partial charge in [0.25, 0.3) is 0 Å². The van der Waals surface area contributed by atoms with E-state index in [2.05, 4.69) is 22.9 Å². The second-order valence-corrected chi connectivity index (χ2v) is 5.48. The third-order valence-electron chi connectivity index (χ3n) is 2.92. The lowest BCUT2D eigenvalue weighted by atomic mass is 10.1. The number of hydrogen-bond acceptors (Lipinski definition) is 3. The minimum Gasteiger partial charge on any atom is -0.389 e. The van der Waals surface area contributed by atoms with Crippen LogP contribution >= 0.6 is 15.9 Å². The smallest absolute Gasteiger partial charge is 0.236 e. The van der Waals surface area contributed by atoms with Gasteiger partial charge in [-0.3, -0.25) is 4.79 Å². The largest absolute Gasteiger partial charge is 0.389 e. The second-order valence-electron chi connectivity index (χ2n) is 4.63. The molecule has 5 heteroatoms. The molecule has 1 rings (SSSR count). The highest BCUT2D eigenvalue weighted by atomic mass is 79.9. The van der Waals surface area contributed by atoms with Gasteiger partial charge in [-0.05, 0) is 47.0 Å². The lowest BCUT2D eigenvalue weighted by Crippen LogP contribution is -2.34. The molecule has 0 aliphatic carbocycles. The highest BCUT2D eigenvalue weighted by molar-refractivity contribution is 9.10. The first-order valence-electron chi connectivity index (χ1n) is 6.46. The first kappa shape index (κ1) is 16.0. The third-order valence-corrected chi connectivity index (χ3v) is 3.56. The monoisotopic (exact) mass is 328 g/mol. The van der Waals surface area contributed by atoms with Crippen molar-refractivity contribution in [2.24, 2.45) is 5.73 Å². The molecule has 0 heterocycles. The number of amides is 1. The second kappa shape index (κ2) is 7.50. The fourth-order valence-corrected chi connectivity index (χ4v) is 2.51. The van der Waals surface area contributed by atoms with Crippen molar-refractivity contribution in [3.63, 3.8) is 0 Å². The number of halogens is 1. The minimum atomic E-state index is -0.509. The average Bonchev–Trinajstić information content (AvgIpc) is 2.34. The van der Waals surface area contributed by atoms with E-state index in [1.807, 2.05) is 23.1 Å². The molecule has 0 saturated heterocycles. The van der Waals surface area contributed by atoms with E-state index in [0.29, 0.717) is 0 Å². The van der Waals surface area contributed by atoms with Gasteiger partial charge in [-0.1, -0.05) is 19.4 Å². The quantitative estimate of drug-likeness (QED) is 0.808. The molecular formula is C14H21BrN2O2. The molecule has 1 amide bonds. The minimum absolute atomic E-state index is 0.201. The summed E-state index contributed by atoms with van der Waals surface area (Å²) in [5, 5.41) is 9.56. The summed E-state index contributed by atoms with van der Waals surface area (Å²) < 4.78 is 0.864. The predicted molar refractivity (Wildman–Crippen MR) is 81.1 cm³/mol. The molecule has 0 saturated carbocycles. The Balaban J connectivity index is 2.97. The summed E-state index contributed by atoms with van der Waals surface area (Å²) in [5.74, 6) is -0.345. The first-order chi connectivity index (χ1) is 8.95. The molecule has 0 fully saturated rings. The van der Waals surface area contributed by atoms with Gasteiger partial charge in [-0.15, -0.1) is 0 Å². The number of anilines is 1. The van der Waals surface area contributed by atoms with Crippen LogP contribution in [0.25, 0.3) is 0 Å². The summed E-state index contributed by atoms with van der Waals surface area (Å²) >= 11 is 3.49. The fourth-order valence-electron chi connectivity index (χ4n) is 1.86. The zero-order valence-corrected chi connectivity index (χ0v) is 13.0. The number of aliphatic hydroxyl groups excluding tert-OH is 1. The van der Waals surface area contributed by atoms with Gasteiger partial charge in [0.2, 0.25) is 5.91 Å². The maximum Gasteiger partial charge on any atom is 0.236 e. The van der Waals surface area contributed by atoms with Crippen LogP contribution in [0.4, 0.5) is 5.69 Å². The van der Waals surface area contributed by atoms with Crippen LogP contribution in [0.15, 0.2) is 22.7 Å². The SMILES string of the molecule is CCCCN(CC(N)=O)c1ccc(C(C)O)cc1Br. The van der Waals surface area contributed by atoms with Crippen molar-refractivity contribution >= 4 is 27.5 Å². The summed E-state index contributed by atoms with van der Waals surface area (Å²) in [6.07, 6.45) is 1.54. The number of unbranched alkanes of at least 4 members (excludes halogenated alkanes) is 1. The Morgan fingerprint density at radius 3 is 2.68 bits per heavy atom. The maximum absolute atomic E-state index is 11.2. The Bertz CT molecular complexity index is 435. The van der Waals surface area contributed by atoms with Crippen LogP contribution in [0.2, 0.25) is 0 Å². The van der Waals surface area contributed by atoms with E-state index in [4.69, 9.17) is 5.73 Å². The van der Waals surface area contributed by atoms with Gasteiger partial charge in [0.1, 0.15) is 0 Å². The highest BCUT2D eigenvalue weighted by Crippen LogP contribution is 2.29. The molecule has 1 aromatic carbocycles. The molecule has 0 bridgehead atoms. The van der Waals surface area contributed by atoms with Gasteiger partial charge in [-0.2, -0.15) is 0 Å². The van der Waals surface area contributed by atoms with E-state index >= 15 is 0 Å². The van der Waals surface area contributed by atoms with Crippen LogP contribution < -0.4 is 10.6 Å². The summed E-state index contributed by atoms with van der Waals surface area (Å²) in [5.41, 5.74) is 7.06. The van der Waals surface area contributed by atoms with E-state index in [1.165, 1.54) is 0 Å². The van der Waals surface area contributed by atoms with E-state index in [1.54, 1.807) is 6.92 Å². The van der Waals surface area contributed by atoms with Crippen LogP contribution in [0.1, 0.15) is 38.4 Å². The van der Waals surface area contributed by atoms with Gasteiger partial charge in [0.05, 0.1) is 18.3 Å². The average molecular weight is 329 g/mol. The van der Waals surface area contributed by atoms with Crippen LogP contribution in [0, 0.1) is 0 Å². The Labute approximate surface area is 122 Å². The number of nitrogens with two attached hydrogens (primary N) is 1. The van der Waals surface area contributed by atoms with Crippen molar-refractivity contribution in [3.05, 3.63) is 28.2 Å². The molecule has 19 heavy (non-hydrogen) atoms. The topological polar surface area (TPSA) is 66.6 Å². The Kier molecular flexibility index (Phi) is 6.31. The number of carbonyl (C=O) groups excluding carboxylic acids is 1. The third kappa shape index (κ3) is 4.84. The maximum atomic E-state index is 11.2. The van der Waals surface area contributed by atoms with Gasteiger partial charge in [0, 0.05) is 11.0 Å². The van der Waals surface area contributed by atoms with Gasteiger partial charge < -0.3 is 15.7 Å².